The van der Waals surface area contributed by atoms with Gasteiger partial charge < -0.3 is 15.8 Å². The highest BCUT2D eigenvalue weighted by atomic mass is 35.5. The number of ether oxygens (including phenoxy) is 1. The largest absolute Gasteiger partial charge is 0.372 e. The van der Waals surface area contributed by atoms with Gasteiger partial charge in [0.2, 0.25) is 5.91 Å². The van der Waals surface area contributed by atoms with E-state index in [-0.39, 0.29) is 31.0 Å². The van der Waals surface area contributed by atoms with Crippen molar-refractivity contribution in [3.8, 4) is 0 Å². The molecule has 90 valence electrons. The van der Waals surface area contributed by atoms with Crippen LogP contribution in [0.25, 0.3) is 0 Å². The van der Waals surface area contributed by atoms with Gasteiger partial charge >= 0.3 is 0 Å². The first-order valence-electron chi connectivity index (χ1n) is 5.35. The van der Waals surface area contributed by atoms with Crippen LogP contribution in [0.2, 0.25) is 0 Å². The van der Waals surface area contributed by atoms with Crippen molar-refractivity contribution < 1.29 is 9.53 Å². The summed E-state index contributed by atoms with van der Waals surface area (Å²) < 4.78 is 5.14. The van der Waals surface area contributed by atoms with Crippen LogP contribution in [-0.4, -0.2) is 31.7 Å². The van der Waals surface area contributed by atoms with Crippen molar-refractivity contribution in [1.29, 1.82) is 0 Å². The molecule has 5 heteroatoms. The Bertz CT molecular complexity index is 186. The predicted molar refractivity (Wildman–Crippen MR) is 62.1 cm³/mol. The van der Waals surface area contributed by atoms with Gasteiger partial charge in [-0.15, -0.1) is 12.4 Å². The number of nitrogens with one attached hydrogen (secondary N) is 1. The summed E-state index contributed by atoms with van der Waals surface area (Å²) in [6.07, 6.45) is 3.33. The summed E-state index contributed by atoms with van der Waals surface area (Å²) in [7, 11) is 0. The summed E-state index contributed by atoms with van der Waals surface area (Å²) in [6, 6.07) is 0.160. The Morgan fingerprint density at radius 3 is 2.73 bits per heavy atom. The first-order valence-corrected chi connectivity index (χ1v) is 5.35. The molecule has 4 nitrogen and oxygen atoms in total. The Labute approximate surface area is 97.3 Å². The van der Waals surface area contributed by atoms with E-state index in [1.54, 1.807) is 0 Å². The van der Waals surface area contributed by atoms with Gasteiger partial charge in [0.15, 0.2) is 0 Å². The summed E-state index contributed by atoms with van der Waals surface area (Å²) in [5.41, 5.74) is 5.56. The minimum Gasteiger partial charge on any atom is -0.372 e. The molecule has 1 unspecified atom stereocenters. The lowest BCUT2D eigenvalue weighted by Gasteiger charge is -2.15. The maximum absolute atomic E-state index is 11.3. The standard InChI is InChI=1S/C10H20N2O2.ClH/c1-2-5-14-7-10(13)12-9(6-11)8-3-4-8;/h8-9H,2-7,11H2,1H3,(H,12,13);1H. The van der Waals surface area contributed by atoms with Gasteiger partial charge in [-0.3, -0.25) is 4.79 Å². The Morgan fingerprint density at radius 2 is 2.27 bits per heavy atom. The smallest absolute Gasteiger partial charge is 0.246 e. The molecule has 0 saturated heterocycles. The number of hydrogen-bond donors (Lipinski definition) is 2. The molecule has 0 heterocycles. The molecular weight excluding hydrogens is 216 g/mol. The Balaban J connectivity index is 0.00000196. The Kier molecular flexibility index (Phi) is 7.74. The first-order chi connectivity index (χ1) is 6.77. The molecule has 1 rings (SSSR count). The van der Waals surface area contributed by atoms with Crippen molar-refractivity contribution in [2.45, 2.75) is 32.2 Å². The van der Waals surface area contributed by atoms with Gasteiger partial charge in [0, 0.05) is 19.2 Å². The van der Waals surface area contributed by atoms with Crippen LogP contribution in [0.3, 0.4) is 0 Å². The fourth-order valence-electron chi connectivity index (χ4n) is 1.43. The van der Waals surface area contributed by atoms with Gasteiger partial charge in [0.05, 0.1) is 0 Å². The average Bonchev–Trinajstić information content (AvgIpc) is 2.98. The van der Waals surface area contributed by atoms with Gasteiger partial charge in [-0.05, 0) is 25.2 Å². The molecule has 1 saturated carbocycles. The fourth-order valence-corrected chi connectivity index (χ4v) is 1.43. The quantitative estimate of drug-likeness (QED) is 0.640. The zero-order valence-corrected chi connectivity index (χ0v) is 10.0. The van der Waals surface area contributed by atoms with E-state index in [9.17, 15) is 4.79 Å². The molecule has 1 aliphatic carbocycles. The zero-order chi connectivity index (χ0) is 10.4. The van der Waals surface area contributed by atoms with Crippen molar-refractivity contribution in [1.82, 2.24) is 5.32 Å². The SMILES string of the molecule is CCCOCC(=O)NC(CN)C1CC1.Cl. The molecule has 0 aromatic heterocycles. The van der Waals surface area contributed by atoms with Gasteiger partial charge in [0.1, 0.15) is 6.61 Å². The molecule has 1 fully saturated rings. The van der Waals surface area contributed by atoms with Crippen molar-refractivity contribution in [2.24, 2.45) is 11.7 Å². The summed E-state index contributed by atoms with van der Waals surface area (Å²) in [5, 5.41) is 2.90. The minimum atomic E-state index is -0.0409. The predicted octanol–water partition coefficient (Wildman–Crippen LogP) is 0.688. The molecule has 0 aromatic rings. The van der Waals surface area contributed by atoms with E-state index in [1.165, 1.54) is 12.8 Å². The van der Waals surface area contributed by atoms with Crippen LogP contribution in [0, 0.1) is 5.92 Å². The molecule has 0 aliphatic heterocycles. The second-order valence-electron chi connectivity index (χ2n) is 3.80. The van der Waals surface area contributed by atoms with Crippen LogP contribution in [0.4, 0.5) is 0 Å². The third-order valence-corrected chi connectivity index (χ3v) is 2.37. The molecule has 1 amide bonds. The number of hydrogen-bond acceptors (Lipinski definition) is 3. The number of carbonyl (C=O) groups is 1. The van der Waals surface area contributed by atoms with Crippen LogP contribution < -0.4 is 11.1 Å². The number of nitrogens with two attached hydrogens (primary N) is 1. The topological polar surface area (TPSA) is 64.3 Å². The van der Waals surface area contributed by atoms with E-state index in [0.29, 0.717) is 19.1 Å². The number of halogens is 1. The Morgan fingerprint density at radius 1 is 1.60 bits per heavy atom. The summed E-state index contributed by atoms with van der Waals surface area (Å²) >= 11 is 0. The minimum absolute atomic E-state index is 0. The number of rotatable bonds is 7. The zero-order valence-electron chi connectivity index (χ0n) is 9.20. The van der Waals surface area contributed by atoms with E-state index in [4.69, 9.17) is 10.5 Å². The normalized spacial score (nSPS) is 16.7. The van der Waals surface area contributed by atoms with Crippen molar-refractivity contribution in [3.63, 3.8) is 0 Å². The second kappa shape index (κ2) is 7.91. The molecule has 3 N–H and O–H groups in total. The molecule has 0 bridgehead atoms. The summed E-state index contributed by atoms with van der Waals surface area (Å²) in [4.78, 5) is 11.3. The van der Waals surface area contributed by atoms with Gasteiger partial charge in [-0.25, -0.2) is 0 Å². The molecule has 15 heavy (non-hydrogen) atoms. The highest BCUT2D eigenvalue weighted by molar-refractivity contribution is 5.85. The fraction of sp³-hybridized carbons (Fsp3) is 0.900. The molecule has 0 radical (unpaired) electrons. The number of amides is 1. The van der Waals surface area contributed by atoms with Gasteiger partial charge in [-0.1, -0.05) is 6.92 Å². The van der Waals surface area contributed by atoms with Crippen molar-refractivity contribution in [2.75, 3.05) is 19.8 Å². The molecule has 0 aromatic carbocycles. The van der Waals surface area contributed by atoms with E-state index in [2.05, 4.69) is 5.32 Å². The lowest BCUT2D eigenvalue weighted by molar-refractivity contribution is -0.126. The van der Waals surface area contributed by atoms with Crippen LogP contribution >= 0.6 is 12.4 Å². The van der Waals surface area contributed by atoms with Crippen LogP contribution in [0.1, 0.15) is 26.2 Å². The highest BCUT2D eigenvalue weighted by Crippen LogP contribution is 2.32. The van der Waals surface area contributed by atoms with Gasteiger partial charge in [0.25, 0.3) is 0 Å². The second-order valence-corrected chi connectivity index (χ2v) is 3.80. The van der Waals surface area contributed by atoms with Crippen LogP contribution in [0.15, 0.2) is 0 Å². The van der Waals surface area contributed by atoms with E-state index >= 15 is 0 Å². The molecule has 0 spiro atoms. The van der Waals surface area contributed by atoms with Crippen LogP contribution in [0.5, 0.6) is 0 Å². The number of carbonyl (C=O) groups excluding carboxylic acids is 1. The molecule has 1 aliphatic rings. The van der Waals surface area contributed by atoms with Crippen LogP contribution in [-0.2, 0) is 9.53 Å². The van der Waals surface area contributed by atoms with E-state index in [1.807, 2.05) is 6.92 Å². The lowest BCUT2D eigenvalue weighted by atomic mass is 10.2. The van der Waals surface area contributed by atoms with Gasteiger partial charge in [-0.2, -0.15) is 0 Å². The highest BCUT2D eigenvalue weighted by Gasteiger charge is 2.31. The lowest BCUT2D eigenvalue weighted by Crippen LogP contribution is -2.43. The first kappa shape index (κ1) is 14.7. The van der Waals surface area contributed by atoms with E-state index < -0.39 is 0 Å². The third kappa shape index (κ3) is 5.97. The maximum atomic E-state index is 11.3. The summed E-state index contributed by atoms with van der Waals surface area (Å²) in [5.74, 6) is 0.566. The van der Waals surface area contributed by atoms with Crippen molar-refractivity contribution >= 4 is 18.3 Å². The van der Waals surface area contributed by atoms with Crippen molar-refractivity contribution in [3.05, 3.63) is 0 Å². The third-order valence-electron chi connectivity index (χ3n) is 2.37. The molecular formula is C10H21ClN2O2. The monoisotopic (exact) mass is 236 g/mol. The Hall–Kier alpha value is -0.320. The maximum Gasteiger partial charge on any atom is 0.246 e. The summed E-state index contributed by atoms with van der Waals surface area (Å²) in [6.45, 7) is 3.36. The average molecular weight is 237 g/mol. The molecule has 1 atom stereocenters. The van der Waals surface area contributed by atoms with E-state index in [0.717, 1.165) is 6.42 Å².